The first kappa shape index (κ1) is 25.3. The van der Waals surface area contributed by atoms with Gasteiger partial charge in [-0.15, -0.1) is 5.10 Å². The molecule has 2 aromatic heterocycles. The quantitative estimate of drug-likeness (QED) is 0.236. The van der Waals surface area contributed by atoms with Gasteiger partial charge in [0.1, 0.15) is 12.2 Å². The Kier molecular flexibility index (Phi) is 7.19. The molecule has 3 aromatic rings. The smallest absolute Gasteiger partial charge is 0.191 e. The highest BCUT2D eigenvalue weighted by molar-refractivity contribution is 7.99. The van der Waals surface area contributed by atoms with E-state index < -0.39 is 30.0 Å². The largest absolute Gasteiger partial charge is 0.388 e. The summed E-state index contributed by atoms with van der Waals surface area (Å²) in [5, 5.41) is 44.3. The maximum Gasteiger partial charge on any atom is 0.191 e. The second-order valence-electron chi connectivity index (χ2n) is 10.4. The van der Waals surface area contributed by atoms with Crippen LogP contribution in [-0.4, -0.2) is 82.6 Å². The molecule has 0 aliphatic heterocycles. The monoisotopic (exact) mass is 514 g/mol. The van der Waals surface area contributed by atoms with Gasteiger partial charge in [-0.1, -0.05) is 54.2 Å². The Morgan fingerprint density at radius 2 is 1.92 bits per heavy atom. The molecule has 36 heavy (non-hydrogen) atoms. The van der Waals surface area contributed by atoms with Crippen molar-refractivity contribution in [3.63, 3.8) is 0 Å². The zero-order valence-corrected chi connectivity index (χ0v) is 21.6. The molecule has 4 N–H and O–H groups in total. The predicted octanol–water partition coefficient (Wildman–Crippen LogP) is 2.51. The van der Waals surface area contributed by atoms with E-state index in [0.29, 0.717) is 34.5 Å². The third-order valence-electron chi connectivity index (χ3n) is 6.64. The van der Waals surface area contributed by atoms with Crippen LogP contribution >= 0.6 is 11.8 Å². The summed E-state index contributed by atoms with van der Waals surface area (Å²) in [5.41, 5.74) is 1.31. The number of anilines is 1. The van der Waals surface area contributed by atoms with Crippen LogP contribution in [0.25, 0.3) is 11.2 Å². The predicted molar refractivity (Wildman–Crippen MR) is 137 cm³/mol. The van der Waals surface area contributed by atoms with E-state index in [9.17, 15) is 15.3 Å². The fourth-order valence-corrected chi connectivity index (χ4v) is 5.37. The highest BCUT2D eigenvalue weighted by Crippen LogP contribution is 2.43. The van der Waals surface area contributed by atoms with Crippen molar-refractivity contribution in [3.8, 4) is 0 Å². The summed E-state index contributed by atoms with van der Waals surface area (Å²) < 4.78 is 7.32. The second-order valence-corrected chi connectivity index (χ2v) is 11.4. The summed E-state index contributed by atoms with van der Waals surface area (Å²) in [6, 6.07) is 10.1. The fraction of sp³-hybridized carbons (Fsp3) is 0.600. The molecule has 2 saturated carbocycles. The Morgan fingerprint density at radius 3 is 2.64 bits per heavy atom. The zero-order chi connectivity index (χ0) is 25.4. The molecule has 2 aliphatic carbocycles. The van der Waals surface area contributed by atoms with Crippen LogP contribution in [0.3, 0.4) is 0 Å². The first-order valence-corrected chi connectivity index (χ1v) is 13.5. The summed E-state index contributed by atoms with van der Waals surface area (Å²) in [6.07, 6.45) is -0.538. The van der Waals surface area contributed by atoms with Gasteiger partial charge in [-0.2, -0.15) is 0 Å². The molecule has 0 amide bonds. The third kappa shape index (κ3) is 5.35. The zero-order valence-electron chi connectivity index (χ0n) is 20.8. The van der Waals surface area contributed by atoms with Crippen LogP contribution < -0.4 is 5.32 Å². The van der Waals surface area contributed by atoms with Gasteiger partial charge < -0.3 is 25.4 Å². The maximum absolute atomic E-state index is 10.8. The van der Waals surface area contributed by atoms with Crippen molar-refractivity contribution >= 4 is 28.7 Å². The van der Waals surface area contributed by atoms with E-state index in [2.05, 4.69) is 46.8 Å². The van der Waals surface area contributed by atoms with E-state index >= 15 is 0 Å². The number of nitrogens with zero attached hydrogens (tertiary/aromatic N) is 5. The molecular weight excluding hydrogens is 480 g/mol. The Hall–Kier alpha value is -2.31. The van der Waals surface area contributed by atoms with Crippen molar-refractivity contribution in [1.82, 2.24) is 25.0 Å². The van der Waals surface area contributed by atoms with E-state index in [0.717, 1.165) is 18.6 Å². The van der Waals surface area contributed by atoms with Gasteiger partial charge in [0.25, 0.3) is 0 Å². The van der Waals surface area contributed by atoms with Crippen molar-refractivity contribution in [3.05, 3.63) is 35.9 Å². The number of benzene rings is 1. The van der Waals surface area contributed by atoms with Crippen molar-refractivity contribution < 1.29 is 20.1 Å². The molecule has 2 fully saturated rings. The van der Waals surface area contributed by atoms with Gasteiger partial charge in [-0.05, 0) is 32.3 Å². The summed E-state index contributed by atoms with van der Waals surface area (Å²) >= 11 is 1.57. The van der Waals surface area contributed by atoms with Crippen LogP contribution in [0.1, 0.15) is 57.6 Å². The number of rotatable bonds is 10. The third-order valence-corrected chi connectivity index (χ3v) is 7.70. The van der Waals surface area contributed by atoms with Gasteiger partial charge >= 0.3 is 0 Å². The molecule has 0 bridgehead atoms. The first-order valence-electron chi connectivity index (χ1n) is 12.5. The lowest BCUT2D eigenvalue weighted by Gasteiger charge is -2.22. The van der Waals surface area contributed by atoms with E-state index in [4.69, 9.17) is 14.7 Å². The molecule has 0 saturated heterocycles. The van der Waals surface area contributed by atoms with Gasteiger partial charge in [0.15, 0.2) is 22.1 Å². The van der Waals surface area contributed by atoms with E-state index in [1.165, 1.54) is 5.56 Å². The van der Waals surface area contributed by atoms with Crippen molar-refractivity contribution in [1.29, 1.82) is 0 Å². The average Bonchev–Trinajstić information content (AvgIpc) is 3.40. The molecule has 1 aromatic carbocycles. The molecule has 2 aliphatic rings. The second kappa shape index (κ2) is 10.2. The topological polar surface area (TPSA) is 138 Å². The SMILES string of the molecule is CCCSc1nc(NC2CC2c2ccccc2)c2nnn([C@@H]3C[C@H](OCC(C)(C)O)[C@@H](O)[C@H]3O)c2n1. The van der Waals surface area contributed by atoms with Crippen LogP contribution in [0, 0.1) is 0 Å². The summed E-state index contributed by atoms with van der Waals surface area (Å²) in [5.74, 6) is 1.93. The molecule has 0 spiro atoms. The minimum absolute atomic E-state index is 0.0459. The van der Waals surface area contributed by atoms with Crippen LogP contribution in [0.2, 0.25) is 0 Å². The summed E-state index contributed by atoms with van der Waals surface area (Å²) in [6.45, 7) is 5.42. The molecule has 6 atom stereocenters. The summed E-state index contributed by atoms with van der Waals surface area (Å²) in [7, 11) is 0. The fourth-order valence-electron chi connectivity index (χ4n) is 4.68. The van der Waals surface area contributed by atoms with Gasteiger partial charge in [0, 0.05) is 24.1 Å². The van der Waals surface area contributed by atoms with Gasteiger partial charge in [0.05, 0.1) is 24.4 Å². The number of ether oxygens (including phenoxy) is 1. The minimum Gasteiger partial charge on any atom is -0.388 e. The Balaban J connectivity index is 1.41. The number of nitrogens with one attached hydrogen (secondary N) is 1. The van der Waals surface area contributed by atoms with E-state index in [1.807, 2.05) is 6.07 Å². The van der Waals surface area contributed by atoms with Gasteiger partial charge in [0.2, 0.25) is 0 Å². The number of aliphatic hydroxyl groups excluding tert-OH is 2. The van der Waals surface area contributed by atoms with Crippen molar-refractivity contribution in [2.24, 2.45) is 0 Å². The standard InChI is InChI=1S/C25H34N6O4S/c1-4-10-36-24-27-22(26-16-11-15(16)14-8-6-5-7-9-14)19-23(28-24)31(30-29-19)17-12-18(21(33)20(17)32)35-13-25(2,3)34/h5-9,15-18,20-21,32-34H,4,10-13H2,1-3H3,(H,26,27,28)/t15?,16?,17-,18+,20+,21-/m1/s1. The molecule has 2 unspecified atom stereocenters. The molecular formula is C25H34N6O4S. The van der Waals surface area contributed by atoms with Crippen molar-refractivity contribution in [2.75, 3.05) is 17.7 Å². The number of aliphatic hydroxyl groups is 3. The number of fused-ring (bicyclic) bond motifs is 1. The highest BCUT2D eigenvalue weighted by atomic mass is 32.2. The lowest BCUT2D eigenvalue weighted by atomic mass is 10.1. The van der Waals surface area contributed by atoms with Gasteiger partial charge in [-0.3, -0.25) is 0 Å². The number of aromatic nitrogens is 5. The number of thioether (sulfide) groups is 1. The van der Waals surface area contributed by atoms with Crippen LogP contribution in [0.4, 0.5) is 5.82 Å². The van der Waals surface area contributed by atoms with E-state index in [-0.39, 0.29) is 12.6 Å². The van der Waals surface area contributed by atoms with Crippen molar-refractivity contribution in [2.45, 2.75) is 87.1 Å². The number of hydrogen-bond donors (Lipinski definition) is 4. The molecule has 5 rings (SSSR count). The van der Waals surface area contributed by atoms with E-state index in [1.54, 1.807) is 30.3 Å². The van der Waals surface area contributed by atoms with Crippen LogP contribution in [-0.2, 0) is 4.74 Å². The van der Waals surface area contributed by atoms with Crippen LogP contribution in [0.5, 0.6) is 0 Å². The lowest BCUT2D eigenvalue weighted by Crippen LogP contribution is -2.36. The van der Waals surface area contributed by atoms with Gasteiger partial charge in [-0.25, -0.2) is 14.6 Å². The lowest BCUT2D eigenvalue weighted by molar-refractivity contribution is -0.0967. The normalized spacial score (nSPS) is 28.1. The number of hydrogen-bond acceptors (Lipinski definition) is 10. The Labute approximate surface area is 214 Å². The Morgan fingerprint density at radius 1 is 1.14 bits per heavy atom. The minimum atomic E-state index is -1.11. The average molecular weight is 515 g/mol. The Bertz CT molecular complexity index is 1190. The maximum atomic E-state index is 10.8. The first-order chi connectivity index (χ1) is 17.2. The molecule has 11 heteroatoms. The molecule has 2 heterocycles. The highest BCUT2D eigenvalue weighted by Gasteiger charge is 2.45. The molecule has 10 nitrogen and oxygen atoms in total. The molecule has 0 radical (unpaired) electrons. The summed E-state index contributed by atoms with van der Waals surface area (Å²) in [4.78, 5) is 9.48. The molecule has 194 valence electrons. The van der Waals surface area contributed by atoms with Crippen LogP contribution in [0.15, 0.2) is 35.5 Å².